The Morgan fingerprint density at radius 3 is 2.84 bits per heavy atom. The SMILES string of the molecule is COc1cc2c(cc1CNC(Cc1ccsc1)c1nccs1)CCC2. The lowest BCUT2D eigenvalue weighted by Gasteiger charge is -2.18. The second-order valence-corrected chi connectivity index (χ2v) is 8.13. The molecular formula is C20H22N2OS2. The normalized spacial score (nSPS) is 14.4. The zero-order valence-electron chi connectivity index (χ0n) is 14.3. The van der Waals surface area contributed by atoms with Crippen molar-refractivity contribution < 1.29 is 4.74 Å². The number of thiazole rings is 1. The van der Waals surface area contributed by atoms with Gasteiger partial charge in [-0.15, -0.1) is 11.3 Å². The molecule has 3 nitrogen and oxygen atoms in total. The Kier molecular flexibility index (Phi) is 5.15. The van der Waals surface area contributed by atoms with Crippen LogP contribution >= 0.6 is 22.7 Å². The molecule has 25 heavy (non-hydrogen) atoms. The summed E-state index contributed by atoms with van der Waals surface area (Å²) in [5, 5.41) is 11.3. The zero-order valence-corrected chi connectivity index (χ0v) is 16.0. The van der Waals surface area contributed by atoms with Crippen LogP contribution in [0.4, 0.5) is 0 Å². The lowest BCUT2D eigenvalue weighted by atomic mass is 10.0. The van der Waals surface area contributed by atoms with Crippen LogP contribution in [0, 0.1) is 0 Å². The molecule has 1 aliphatic rings. The highest BCUT2D eigenvalue weighted by atomic mass is 32.1. The molecule has 3 aromatic rings. The average molecular weight is 371 g/mol. The highest BCUT2D eigenvalue weighted by molar-refractivity contribution is 7.09. The Balaban J connectivity index is 1.53. The third-order valence-corrected chi connectivity index (χ3v) is 6.42. The fraction of sp³-hybridized carbons (Fsp3) is 0.350. The van der Waals surface area contributed by atoms with E-state index in [2.05, 4.69) is 39.3 Å². The summed E-state index contributed by atoms with van der Waals surface area (Å²) >= 11 is 3.46. The average Bonchev–Trinajstić information content (AvgIpc) is 3.39. The molecule has 0 saturated carbocycles. The summed E-state index contributed by atoms with van der Waals surface area (Å²) in [5.74, 6) is 1.00. The smallest absolute Gasteiger partial charge is 0.123 e. The van der Waals surface area contributed by atoms with Crippen molar-refractivity contribution in [1.82, 2.24) is 10.3 Å². The predicted molar refractivity (Wildman–Crippen MR) is 105 cm³/mol. The number of aryl methyl sites for hydroxylation is 2. The molecule has 2 aromatic heterocycles. The first-order chi connectivity index (χ1) is 12.3. The van der Waals surface area contributed by atoms with E-state index >= 15 is 0 Å². The molecule has 4 rings (SSSR count). The minimum Gasteiger partial charge on any atom is -0.496 e. The number of aromatic nitrogens is 1. The van der Waals surface area contributed by atoms with Crippen LogP contribution in [-0.4, -0.2) is 12.1 Å². The van der Waals surface area contributed by atoms with Crippen molar-refractivity contribution in [2.24, 2.45) is 0 Å². The maximum absolute atomic E-state index is 5.65. The number of benzene rings is 1. The number of nitrogens with one attached hydrogen (secondary N) is 1. The van der Waals surface area contributed by atoms with Crippen LogP contribution in [0.2, 0.25) is 0 Å². The van der Waals surface area contributed by atoms with Gasteiger partial charge in [-0.05, 0) is 65.3 Å². The number of ether oxygens (including phenoxy) is 1. The van der Waals surface area contributed by atoms with Gasteiger partial charge in [-0.25, -0.2) is 4.98 Å². The van der Waals surface area contributed by atoms with Gasteiger partial charge >= 0.3 is 0 Å². The summed E-state index contributed by atoms with van der Waals surface area (Å²) in [5.41, 5.74) is 5.55. The first kappa shape index (κ1) is 16.8. The van der Waals surface area contributed by atoms with Crippen molar-refractivity contribution in [3.8, 4) is 5.75 Å². The van der Waals surface area contributed by atoms with Crippen molar-refractivity contribution in [3.63, 3.8) is 0 Å². The van der Waals surface area contributed by atoms with Crippen LogP contribution in [0.15, 0.2) is 40.5 Å². The van der Waals surface area contributed by atoms with Crippen molar-refractivity contribution in [3.05, 3.63) is 67.8 Å². The van der Waals surface area contributed by atoms with Crippen molar-refractivity contribution in [1.29, 1.82) is 0 Å². The number of fused-ring (bicyclic) bond motifs is 1. The monoisotopic (exact) mass is 370 g/mol. The van der Waals surface area contributed by atoms with Gasteiger partial charge in [0.05, 0.1) is 13.2 Å². The predicted octanol–water partition coefficient (Wildman–Crippen LogP) is 4.78. The summed E-state index contributed by atoms with van der Waals surface area (Å²) in [7, 11) is 1.77. The summed E-state index contributed by atoms with van der Waals surface area (Å²) in [4.78, 5) is 4.54. The zero-order chi connectivity index (χ0) is 17.1. The highest BCUT2D eigenvalue weighted by Gasteiger charge is 2.18. The largest absolute Gasteiger partial charge is 0.496 e. The van der Waals surface area contributed by atoms with E-state index in [1.807, 2.05) is 11.6 Å². The number of rotatable bonds is 7. The Bertz CT molecular complexity index is 813. The Hall–Kier alpha value is -1.69. The molecule has 0 spiro atoms. The number of thiophene rings is 1. The van der Waals surface area contributed by atoms with Crippen LogP contribution < -0.4 is 10.1 Å². The van der Waals surface area contributed by atoms with Crippen LogP contribution in [0.5, 0.6) is 5.75 Å². The highest BCUT2D eigenvalue weighted by Crippen LogP contribution is 2.30. The molecule has 0 fully saturated rings. The van der Waals surface area contributed by atoms with E-state index in [-0.39, 0.29) is 6.04 Å². The lowest BCUT2D eigenvalue weighted by molar-refractivity contribution is 0.404. The van der Waals surface area contributed by atoms with E-state index in [0.29, 0.717) is 0 Å². The molecule has 1 aromatic carbocycles. The number of hydrogen-bond acceptors (Lipinski definition) is 5. The molecule has 2 heterocycles. The molecule has 0 bridgehead atoms. The van der Waals surface area contributed by atoms with E-state index in [0.717, 1.165) is 23.7 Å². The molecule has 1 unspecified atom stereocenters. The second-order valence-electron chi connectivity index (χ2n) is 6.43. The number of hydrogen-bond donors (Lipinski definition) is 1. The Morgan fingerprint density at radius 2 is 2.12 bits per heavy atom. The summed E-state index contributed by atoms with van der Waals surface area (Å²) in [6, 6.07) is 6.99. The van der Waals surface area contributed by atoms with Crippen molar-refractivity contribution in [2.45, 2.75) is 38.3 Å². The topological polar surface area (TPSA) is 34.1 Å². The van der Waals surface area contributed by atoms with E-state index < -0.39 is 0 Å². The van der Waals surface area contributed by atoms with Crippen molar-refractivity contribution >= 4 is 22.7 Å². The molecule has 5 heteroatoms. The fourth-order valence-electron chi connectivity index (χ4n) is 3.51. The summed E-state index contributed by atoms with van der Waals surface area (Å²) < 4.78 is 5.65. The Labute approximate surface area is 156 Å². The molecule has 1 atom stereocenters. The summed E-state index contributed by atoms with van der Waals surface area (Å²) in [6.07, 6.45) is 6.48. The minimum atomic E-state index is 0.229. The molecular weight excluding hydrogens is 348 g/mol. The molecule has 0 aliphatic heterocycles. The van der Waals surface area contributed by atoms with Gasteiger partial charge in [0.2, 0.25) is 0 Å². The third kappa shape index (κ3) is 3.78. The lowest BCUT2D eigenvalue weighted by Crippen LogP contribution is -2.23. The van der Waals surface area contributed by atoms with Gasteiger partial charge in [-0.1, -0.05) is 6.07 Å². The van der Waals surface area contributed by atoms with Gasteiger partial charge in [0.1, 0.15) is 10.8 Å². The molecule has 130 valence electrons. The fourth-order valence-corrected chi connectivity index (χ4v) is 4.91. The van der Waals surface area contributed by atoms with Gasteiger partial charge in [0.25, 0.3) is 0 Å². The van der Waals surface area contributed by atoms with E-state index in [1.165, 1.54) is 41.5 Å². The molecule has 1 N–H and O–H groups in total. The second kappa shape index (κ2) is 7.68. The quantitative estimate of drug-likeness (QED) is 0.650. The molecule has 0 amide bonds. The number of methoxy groups -OCH3 is 1. The van der Waals surface area contributed by atoms with Crippen molar-refractivity contribution in [2.75, 3.05) is 7.11 Å². The van der Waals surface area contributed by atoms with Gasteiger partial charge < -0.3 is 10.1 Å². The standard InChI is InChI=1S/C20H22N2OS2/c1-23-19-11-16-4-2-3-15(16)10-17(19)12-22-18(20-21-6-8-25-20)9-14-5-7-24-13-14/h5-8,10-11,13,18,22H,2-4,9,12H2,1H3. The number of nitrogens with zero attached hydrogens (tertiary/aromatic N) is 1. The molecule has 1 aliphatic carbocycles. The van der Waals surface area contributed by atoms with Gasteiger partial charge in [-0.3, -0.25) is 0 Å². The van der Waals surface area contributed by atoms with E-state index in [1.54, 1.807) is 29.8 Å². The van der Waals surface area contributed by atoms with Crippen LogP contribution in [-0.2, 0) is 25.8 Å². The maximum atomic E-state index is 5.65. The van der Waals surface area contributed by atoms with Crippen LogP contribution in [0.3, 0.4) is 0 Å². The van der Waals surface area contributed by atoms with Gasteiger partial charge in [-0.2, -0.15) is 11.3 Å². The van der Waals surface area contributed by atoms with Gasteiger partial charge in [0, 0.05) is 23.7 Å². The Morgan fingerprint density at radius 1 is 1.24 bits per heavy atom. The first-order valence-corrected chi connectivity index (χ1v) is 10.5. The van der Waals surface area contributed by atoms with E-state index in [4.69, 9.17) is 4.74 Å². The van der Waals surface area contributed by atoms with Crippen LogP contribution in [0.25, 0.3) is 0 Å². The summed E-state index contributed by atoms with van der Waals surface area (Å²) in [6.45, 7) is 0.796. The van der Waals surface area contributed by atoms with E-state index in [9.17, 15) is 0 Å². The maximum Gasteiger partial charge on any atom is 0.123 e. The first-order valence-electron chi connectivity index (χ1n) is 8.66. The van der Waals surface area contributed by atoms with Gasteiger partial charge in [0.15, 0.2) is 0 Å². The van der Waals surface area contributed by atoms with Crippen LogP contribution in [0.1, 0.15) is 39.7 Å². The third-order valence-electron chi connectivity index (χ3n) is 4.80. The minimum absolute atomic E-state index is 0.229. The molecule has 0 radical (unpaired) electrons. The molecule has 0 saturated heterocycles.